The van der Waals surface area contributed by atoms with E-state index in [-0.39, 0.29) is 12.6 Å². The Kier molecular flexibility index (Phi) is 4.16. The van der Waals surface area contributed by atoms with Crippen LogP contribution in [0, 0.1) is 0 Å². The Balaban J connectivity index is 2.58. The molecule has 1 aliphatic rings. The summed E-state index contributed by atoms with van der Waals surface area (Å²) in [6.45, 7) is 4.31. The van der Waals surface area contributed by atoms with Crippen LogP contribution in [0.5, 0.6) is 0 Å². The second kappa shape index (κ2) is 5.54. The summed E-state index contributed by atoms with van der Waals surface area (Å²) in [6, 6.07) is 10.2. The van der Waals surface area contributed by atoms with Crippen LogP contribution in [-0.2, 0) is 9.53 Å². The van der Waals surface area contributed by atoms with Gasteiger partial charge in [0.05, 0.1) is 18.8 Å². The molecule has 0 saturated heterocycles. The third kappa shape index (κ3) is 2.03. The number of hydrogen-bond donors (Lipinski definition) is 1. The molecule has 0 saturated carbocycles. The Bertz CT molecular complexity index is 522. The van der Waals surface area contributed by atoms with Crippen LogP contribution in [-0.4, -0.2) is 32.9 Å². The molecule has 0 bridgehead atoms. The van der Waals surface area contributed by atoms with Gasteiger partial charge in [-0.25, -0.2) is 0 Å². The molecule has 0 radical (unpaired) electrons. The molecule has 108 valence electrons. The minimum atomic E-state index is -2.17. The second-order valence-corrected chi connectivity index (χ2v) is 10.5. The van der Waals surface area contributed by atoms with E-state index in [0.717, 1.165) is 18.4 Å². The molecule has 4 heteroatoms. The van der Waals surface area contributed by atoms with Crippen LogP contribution >= 0.6 is 0 Å². The molecular weight excluding hydrogens is 268 g/mol. The molecule has 3 nitrogen and oxygen atoms in total. The lowest BCUT2D eigenvalue weighted by Crippen LogP contribution is -2.57. The molecule has 1 aliphatic carbocycles. The van der Waals surface area contributed by atoms with Crippen LogP contribution in [0.15, 0.2) is 42.0 Å². The fourth-order valence-corrected chi connectivity index (χ4v) is 7.36. The molecule has 1 unspecified atom stereocenters. The molecule has 0 amide bonds. The average Bonchev–Trinajstić information content (AvgIpc) is 2.92. The Morgan fingerprint density at radius 1 is 1.35 bits per heavy atom. The van der Waals surface area contributed by atoms with E-state index in [4.69, 9.17) is 4.74 Å². The number of allylic oxidation sites excluding steroid dienone is 1. The summed E-state index contributed by atoms with van der Waals surface area (Å²) in [5.41, 5.74) is 0.838. The van der Waals surface area contributed by atoms with Gasteiger partial charge in [0.15, 0.2) is 0 Å². The van der Waals surface area contributed by atoms with Crippen LogP contribution in [0.4, 0.5) is 0 Å². The maximum atomic E-state index is 12.6. The summed E-state index contributed by atoms with van der Waals surface area (Å²) in [5.74, 6) is -0.198. The normalized spacial score (nSPS) is 22.5. The van der Waals surface area contributed by atoms with E-state index in [9.17, 15) is 9.90 Å². The smallest absolute Gasteiger partial charge is 0.313 e. The predicted octanol–water partition coefficient (Wildman–Crippen LogP) is 2.23. The Hall–Kier alpha value is -1.39. The Morgan fingerprint density at radius 3 is 2.55 bits per heavy atom. The van der Waals surface area contributed by atoms with Gasteiger partial charge in [-0.15, -0.1) is 0 Å². The fraction of sp³-hybridized carbons (Fsp3) is 0.438. The zero-order chi connectivity index (χ0) is 14.8. The molecule has 0 fully saturated rings. The number of aliphatic hydroxyl groups is 1. The van der Waals surface area contributed by atoms with E-state index in [1.807, 2.05) is 24.3 Å². The van der Waals surface area contributed by atoms with Crippen molar-refractivity contribution in [3.8, 4) is 0 Å². The summed E-state index contributed by atoms with van der Waals surface area (Å²) >= 11 is 0. The van der Waals surface area contributed by atoms with E-state index in [1.165, 1.54) is 12.3 Å². The van der Waals surface area contributed by atoms with E-state index in [0.29, 0.717) is 0 Å². The number of esters is 1. The van der Waals surface area contributed by atoms with Crippen LogP contribution in [0.25, 0.3) is 0 Å². The summed E-state index contributed by atoms with van der Waals surface area (Å²) in [5, 5.41) is 10.3. The highest BCUT2D eigenvalue weighted by Gasteiger charge is 2.57. The number of hydrogen-bond acceptors (Lipinski definition) is 3. The number of carbonyl (C=O) groups excluding carboxylic acids is 1. The average molecular weight is 290 g/mol. The van der Waals surface area contributed by atoms with E-state index in [2.05, 4.69) is 25.2 Å². The lowest BCUT2D eigenvalue weighted by Gasteiger charge is -2.42. The second-order valence-electron chi connectivity index (χ2n) is 5.81. The van der Waals surface area contributed by atoms with Crippen LogP contribution in [0.3, 0.4) is 0 Å². The third-order valence-corrected chi connectivity index (χ3v) is 9.41. The molecule has 0 aliphatic heterocycles. The van der Waals surface area contributed by atoms with Gasteiger partial charge in [-0.05, 0) is 18.4 Å². The molecule has 1 aromatic rings. The Morgan fingerprint density at radius 2 is 2.00 bits per heavy atom. The van der Waals surface area contributed by atoms with Gasteiger partial charge in [-0.2, -0.15) is 0 Å². The monoisotopic (exact) mass is 290 g/mol. The molecule has 2 rings (SSSR count). The van der Waals surface area contributed by atoms with Crippen LogP contribution in [0.1, 0.15) is 12.8 Å². The largest absolute Gasteiger partial charge is 0.469 e. The lowest BCUT2D eigenvalue weighted by atomic mass is 10.0. The Labute approximate surface area is 121 Å². The molecule has 0 heterocycles. The predicted molar refractivity (Wildman–Crippen MR) is 82.7 cm³/mol. The fourth-order valence-electron chi connectivity index (χ4n) is 3.47. The molecule has 20 heavy (non-hydrogen) atoms. The van der Waals surface area contributed by atoms with Crippen molar-refractivity contribution in [1.29, 1.82) is 0 Å². The van der Waals surface area contributed by atoms with Crippen LogP contribution < -0.4 is 5.19 Å². The van der Waals surface area contributed by atoms with Gasteiger partial charge in [0.1, 0.15) is 8.07 Å². The van der Waals surface area contributed by atoms with Gasteiger partial charge in [-0.3, -0.25) is 4.79 Å². The topological polar surface area (TPSA) is 46.5 Å². The first-order chi connectivity index (χ1) is 9.50. The van der Waals surface area contributed by atoms with Crippen molar-refractivity contribution in [2.24, 2.45) is 0 Å². The first-order valence-corrected chi connectivity index (χ1v) is 9.95. The minimum Gasteiger partial charge on any atom is -0.469 e. The van der Waals surface area contributed by atoms with Gasteiger partial charge < -0.3 is 9.84 Å². The van der Waals surface area contributed by atoms with Crippen molar-refractivity contribution in [3.63, 3.8) is 0 Å². The number of methoxy groups -OCH3 is 1. The number of benzene rings is 1. The molecular formula is C16H22O3Si. The van der Waals surface area contributed by atoms with Crippen molar-refractivity contribution in [3.05, 3.63) is 42.0 Å². The summed E-state index contributed by atoms with van der Waals surface area (Å²) in [4.78, 5) is 12.6. The van der Waals surface area contributed by atoms with Gasteiger partial charge in [-0.1, -0.05) is 54.7 Å². The van der Waals surface area contributed by atoms with Gasteiger partial charge in [0.2, 0.25) is 0 Å². The number of ether oxygens (including phenoxy) is 1. The van der Waals surface area contributed by atoms with Crippen molar-refractivity contribution >= 4 is 19.2 Å². The highest BCUT2D eigenvalue weighted by atomic mass is 28.3. The zero-order valence-electron chi connectivity index (χ0n) is 12.3. The molecule has 1 N–H and O–H groups in total. The van der Waals surface area contributed by atoms with Crippen LogP contribution in [0.2, 0.25) is 18.1 Å². The first-order valence-electron chi connectivity index (χ1n) is 6.95. The maximum absolute atomic E-state index is 12.6. The zero-order valence-corrected chi connectivity index (χ0v) is 13.3. The van der Waals surface area contributed by atoms with Crippen molar-refractivity contribution in [2.45, 2.75) is 31.0 Å². The summed E-state index contributed by atoms with van der Waals surface area (Å²) in [7, 11) is -0.730. The highest BCUT2D eigenvalue weighted by molar-refractivity contribution is 6.95. The molecule has 0 spiro atoms. The number of carbonyl (C=O) groups is 1. The lowest BCUT2D eigenvalue weighted by molar-refractivity contribution is -0.143. The number of rotatable bonds is 4. The van der Waals surface area contributed by atoms with E-state index in [1.54, 1.807) is 0 Å². The van der Waals surface area contributed by atoms with E-state index >= 15 is 0 Å². The third-order valence-electron chi connectivity index (χ3n) is 4.72. The maximum Gasteiger partial charge on any atom is 0.313 e. The number of aliphatic hydroxyl groups excluding tert-OH is 1. The first kappa shape index (κ1) is 15.0. The van der Waals surface area contributed by atoms with Crippen molar-refractivity contribution in [1.82, 2.24) is 0 Å². The van der Waals surface area contributed by atoms with Gasteiger partial charge in [0.25, 0.3) is 0 Å². The summed E-state index contributed by atoms with van der Waals surface area (Å²) in [6.07, 6.45) is 3.58. The molecule has 0 aromatic heterocycles. The summed E-state index contributed by atoms with van der Waals surface area (Å²) < 4.78 is 5.12. The SMILES string of the molecule is COC(=O)C1([Si](C)(C)c2ccccc2)CCC=C1CO. The van der Waals surface area contributed by atoms with Gasteiger partial charge in [0, 0.05) is 0 Å². The molecule has 1 aromatic carbocycles. The van der Waals surface area contributed by atoms with Gasteiger partial charge >= 0.3 is 5.97 Å². The molecule has 1 atom stereocenters. The minimum absolute atomic E-state index is 0.0711. The van der Waals surface area contributed by atoms with Crippen molar-refractivity contribution in [2.75, 3.05) is 13.7 Å². The van der Waals surface area contributed by atoms with E-state index < -0.39 is 13.1 Å². The standard InChI is InChI=1S/C16H22O3Si/c1-19-15(18)16(11-7-8-13(16)12-17)20(2,3)14-9-5-4-6-10-14/h4-6,8-10,17H,7,11-12H2,1-3H3. The highest BCUT2D eigenvalue weighted by Crippen LogP contribution is 2.53. The quantitative estimate of drug-likeness (QED) is 0.525. The van der Waals surface area contributed by atoms with Crippen molar-refractivity contribution < 1.29 is 14.6 Å².